The van der Waals surface area contributed by atoms with Crippen LogP contribution in [0.5, 0.6) is 0 Å². The van der Waals surface area contributed by atoms with Crippen LogP contribution in [0, 0.1) is 0 Å². The van der Waals surface area contributed by atoms with Gasteiger partial charge in [-0.2, -0.15) is 0 Å². The molecule has 20 heavy (non-hydrogen) atoms. The van der Waals surface area contributed by atoms with Gasteiger partial charge in [-0.1, -0.05) is 20.3 Å². The molecule has 2 rings (SSSR count). The Morgan fingerprint density at radius 2 is 1.95 bits per heavy atom. The van der Waals surface area contributed by atoms with Crippen LogP contribution >= 0.6 is 11.3 Å². The van der Waals surface area contributed by atoms with Crippen LogP contribution in [-0.4, -0.2) is 49.7 Å². The van der Waals surface area contributed by atoms with Gasteiger partial charge in [0, 0.05) is 37.6 Å². The molecule has 1 aromatic rings. The molecule has 0 saturated carbocycles. The maximum Gasteiger partial charge on any atom is 0.185 e. The molecule has 0 unspecified atom stereocenters. The first-order valence-electron chi connectivity index (χ1n) is 7.87. The van der Waals surface area contributed by atoms with E-state index in [1.54, 1.807) is 0 Å². The number of hydrogen-bond acceptors (Lipinski definition) is 5. The highest BCUT2D eigenvalue weighted by Gasteiger charge is 2.19. The molecule has 0 aliphatic carbocycles. The lowest BCUT2D eigenvalue weighted by atomic mass is 10.3. The number of rotatable bonds is 7. The van der Waals surface area contributed by atoms with Gasteiger partial charge in [0.15, 0.2) is 5.13 Å². The zero-order chi connectivity index (χ0) is 14.4. The molecule has 0 aromatic carbocycles. The molecule has 0 bridgehead atoms. The zero-order valence-corrected chi connectivity index (χ0v) is 13.9. The normalized spacial score (nSPS) is 16.9. The second kappa shape index (κ2) is 7.96. The van der Waals surface area contributed by atoms with Crippen molar-refractivity contribution in [3.8, 4) is 0 Å². The number of hydrogen-bond donors (Lipinski definition) is 1. The Balaban J connectivity index is 1.95. The van der Waals surface area contributed by atoms with Crippen molar-refractivity contribution in [3.05, 3.63) is 10.6 Å². The Kier molecular flexibility index (Phi) is 6.26. The van der Waals surface area contributed by atoms with Crippen LogP contribution in [0.1, 0.15) is 37.3 Å². The average Bonchev–Trinajstić information content (AvgIpc) is 2.87. The van der Waals surface area contributed by atoms with Crippen molar-refractivity contribution in [2.24, 2.45) is 0 Å². The van der Waals surface area contributed by atoms with Crippen molar-refractivity contribution in [1.82, 2.24) is 15.2 Å². The first kappa shape index (κ1) is 15.7. The van der Waals surface area contributed by atoms with E-state index in [-0.39, 0.29) is 0 Å². The number of nitrogens with one attached hydrogen (secondary N) is 1. The minimum atomic E-state index is 0.981. The van der Waals surface area contributed by atoms with Crippen molar-refractivity contribution < 1.29 is 0 Å². The van der Waals surface area contributed by atoms with Gasteiger partial charge >= 0.3 is 0 Å². The van der Waals surface area contributed by atoms with E-state index in [4.69, 9.17) is 4.98 Å². The molecule has 2 heterocycles. The van der Waals surface area contributed by atoms with Gasteiger partial charge in [-0.05, 0) is 26.4 Å². The zero-order valence-electron chi connectivity index (χ0n) is 13.1. The van der Waals surface area contributed by atoms with Crippen LogP contribution in [0.3, 0.4) is 0 Å². The smallest absolute Gasteiger partial charge is 0.185 e. The topological polar surface area (TPSA) is 31.4 Å². The Labute approximate surface area is 127 Å². The molecule has 0 amide bonds. The van der Waals surface area contributed by atoms with E-state index >= 15 is 0 Å². The van der Waals surface area contributed by atoms with Crippen LogP contribution in [0.15, 0.2) is 0 Å². The summed E-state index contributed by atoms with van der Waals surface area (Å²) in [6, 6.07) is 0. The summed E-state index contributed by atoms with van der Waals surface area (Å²) in [4.78, 5) is 11.1. The Hall–Kier alpha value is -0.650. The Morgan fingerprint density at radius 3 is 2.60 bits per heavy atom. The molecular weight excluding hydrogens is 268 g/mol. The van der Waals surface area contributed by atoms with E-state index in [0.717, 1.165) is 45.7 Å². The predicted molar refractivity (Wildman–Crippen MR) is 87.8 cm³/mol. The van der Waals surface area contributed by atoms with Gasteiger partial charge in [-0.3, -0.25) is 0 Å². The molecule has 1 fully saturated rings. The minimum Gasteiger partial charge on any atom is -0.346 e. The highest BCUT2D eigenvalue weighted by molar-refractivity contribution is 7.15. The van der Waals surface area contributed by atoms with Gasteiger partial charge in [-0.15, -0.1) is 11.3 Å². The number of unbranched alkanes of at least 4 members (excludes halogenated alkanes) is 1. The fraction of sp³-hybridized carbons (Fsp3) is 0.800. The Bertz CT molecular complexity index is 397. The van der Waals surface area contributed by atoms with E-state index in [1.165, 1.54) is 28.5 Å². The standard InChI is InChI=1S/C15H28N4S/c1-4-6-7-16-12-14-13(5-2)17-15(20-14)19-10-8-18(3)9-11-19/h16H,4-12H2,1-3H3. The maximum absolute atomic E-state index is 4.86. The fourth-order valence-electron chi connectivity index (χ4n) is 2.42. The molecule has 1 aromatic heterocycles. The fourth-order valence-corrected chi connectivity index (χ4v) is 3.59. The van der Waals surface area contributed by atoms with Crippen LogP contribution in [0.2, 0.25) is 0 Å². The second-order valence-corrected chi connectivity index (χ2v) is 6.60. The summed E-state index contributed by atoms with van der Waals surface area (Å²) in [6.07, 6.45) is 3.55. The summed E-state index contributed by atoms with van der Waals surface area (Å²) < 4.78 is 0. The lowest BCUT2D eigenvalue weighted by molar-refractivity contribution is 0.312. The van der Waals surface area contributed by atoms with Crippen molar-refractivity contribution in [1.29, 1.82) is 0 Å². The van der Waals surface area contributed by atoms with Crippen molar-refractivity contribution in [2.75, 3.05) is 44.7 Å². The molecule has 1 saturated heterocycles. The second-order valence-electron chi connectivity index (χ2n) is 5.54. The third kappa shape index (κ3) is 4.17. The summed E-state index contributed by atoms with van der Waals surface area (Å²) >= 11 is 1.88. The van der Waals surface area contributed by atoms with Crippen molar-refractivity contribution in [3.63, 3.8) is 0 Å². The van der Waals surface area contributed by atoms with E-state index in [0.29, 0.717) is 0 Å². The SMILES string of the molecule is CCCCNCc1sc(N2CCN(C)CC2)nc1CC. The summed E-state index contributed by atoms with van der Waals surface area (Å²) in [5.41, 5.74) is 1.29. The van der Waals surface area contributed by atoms with Gasteiger partial charge in [0.05, 0.1) is 5.69 Å². The molecule has 0 spiro atoms. The summed E-state index contributed by atoms with van der Waals surface area (Å²) in [5, 5.41) is 4.77. The lowest BCUT2D eigenvalue weighted by Gasteiger charge is -2.32. The van der Waals surface area contributed by atoms with Gasteiger partial charge in [0.1, 0.15) is 0 Å². The van der Waals surface area contributed by atoms with Gasteiger partial charge in [0.2, 0.25) is 0 Å². The van der Waals surface area contributed by atoms with E-state index in [9.17, 15) is 0 Å². The largest absolute Gasteiger partial charge is 0.346 e. The number of nitrogens with zero attached hydrogens (tertiary/aromatic N) is 3. The number of likely N-dealkylation sites (N-methyl/N-ethyl adjacent to an activating group) is 1. The summed E-state index contributed by atoms with van der Waals surface area (Å²) in [6.45, 7) is 11.0. The quantitative estimate of drug-likeness (QED) is 0.783. The first-order chi connectivity index (χ1) is 9.74. The first-order valence-corrected chi connectivity index (χ1v) is 8.69. The number of anilines is 1. The molecule has 114 valence electrons. The van der Waals surface area contributed by atoms with Crippen LogP contribution in [0.25, 0.3) is 0 Å². The van der Waals surface area contributed by atoms with Crippen LogP contribution in [-0.2, 0) is 13.0 Å². The van der Waals surface area contributed by atoms with Gasteiger partial charge in [0.25, 0.3) is 0 Å². The Morgan fingerprint density at radius 1 is 1.20 bits per heavy atom. The molecular formula is C15H28N4S. The number of aromatic nitrogens is 1. The van der Waals surface area contributed by atoms with E-state index in [2.05, 4.69) is 36.0 Å². The highest BCUT2D eigenvalue weighted by Crippen LogP contribution is 2.27. The number of thiazole rings is 1. The minimum absolute atomic E-state index is 0.981. The van der Waals surface area contributed by atoms with Gasteiger partial charge in [-0.25, -0.2) is 4.98 Å². The lowest BCUT2D eigenvalue weighted by Crippen LogP contribution is -2.44. The molecule has 5 heteroatoms. The summed E-state index contributed by atoms with van der Waals surface area (Å²) in [7, 11) is 2.19. The van der Waals surface area contributed by atoms with Crippen molar-refractivity contribution in [2.45, 2.75) is 39.7 Å². The molecule has 1 aliphatic rings. The molecule has 1 N–H and O–H groups in total. The van der Waals surface area contributed by atoms with Crippen LogP contribution in [0.4, 0.5) is 5.13 Å². The predicted octanol–water partition coefficient (Wildman–Crippen LogP) is 2.35. The number of aryl methyl sites for hydroxylation is 1. The highest BCUT2D eigenvalue weighted by atomic mass is 32.1. The molecule has 0 radical (unpaired) electrons. The van der Waals surface area contributed by atoms with E-state index in [1.807, 2.05) is 11.3 Å². The van der Waals surface area contributed by atoms with Crippen LogP contribution < -0.4 is 10.2 Å². The monoisotopic (exact) mass is 296 g/mol. The van der Waals surface area contributed by atoms with Gasteiger partial charge < -0.3 is 15.1 Å². The third-order valence-electron chi connectivity index (χ3n) is 3.87. The summed E-state index contributed by atoms with van der Waals surface area (Å²) in [5.74, 6) is 0. The van der Waals surface area contributed by atoms with E-state index < -0.39 is 0 Å². The van der Waals surface area contributed by atoms with Crippen molar-refractivity contribution >= 4 is 16.5 Å². The number of piperazine rings is 1. The molecule has 4 nitrogen and oxygen atoms in total. The average molecular weight is 296 g/mol. The third-order valence-corrected chi connectivity index (χ3v) is 5.03. The molecule has 1 aliphatic heterocycles. The molecule has 0 atom stereocenters. The maximum atomic E-state index is 4.86.